The minimum Gasteiger partial charge on any atom is -0.447 e. The van der Waals surface area contributed by atoms with Crippen LogP contribution in [0.25, 0.3) is 0 Å². The van der Waals surface area contributed by atoms with E-state index in [1.807, 2.05) is 0 Å². The van der Waals surface area contributed by atoms with Gasteiger partial charge in [0.2, 0.25) is 0 Å². The first kappa shape index (κ1) is 12.3. The second kappa shape index (κ2) is 6.67. The van der Waals surface area contributed by atoms with Crippen LogP contribution in [0, 0.1) is 0 Å². The highest BCUT2D eigenvalue weighted by Crippen LogP contribution is 2.21. The third-order valence-electron chi connectivity index (χ3n) is 2.98. The summed E-state index contributed by atoms with van der Waals surface area (Å²) in [6.45, 7) is -0.0138. The minimum absolute atomic E-state index is 0.0931. The van der Waals surface area contributed by atoms with E-state index in [9.17, 15) is 4.79 Å². The van der Waals surface area contributed by atoms with E-state index in [1.54, 1.807) is 11.9 Å². The number of nitrogens with zero attached hydrogens (tertiary/aromatic N) is 1. The molecule has 0 radical (unpaired) electrons. The van der Waals surface area contributed by atoms with Gasteiger partial charge in [-0.1, -0.05) is 25.7 Å². The highest BCUT2D eigenvalue weighted by atomic mass is 16.6. The lowest BCUT2D eigenvalue weighted by Crippen LogP contribution is -2.37. The fourth-order valence-electron chi connectivity index (χ4n) is 2.03. The van der Waals surface area contributed by atoms with Crippen molar-refractivity contribution in [2.24, 2.45) is 0 Å². The van der Waals surface area contributed by atoms with Crippen LogP contribution in [0.5, 0.6) is 0 Å². The van der Waals surface area contributed by atoms with E-state index in [0.717, 1.165) is 12.8 Å². The van der Waals surface area contributed by atoms with E-state index in [-0.39, 0.29) is 19.3 Å². The van der Waals surface area contributed by atoms with Gasteiger partial charge in [0.15, 0.2) is 0 Å². The van der Waals surface area contributed by atoms with Gasteiger partial charge in [0, 0.05) is 13.1 Å². The standard InChI is InChI=1S/C11H21NO3/c1-12(11(14)15-9-8-13)10-6-4-2-3-5-7-10/h10,13H,2-9H2,1H3. The summed E-state index contributed by atoms with van der Waals surface area (Å²) in [7, 11) is 1.79. The maximum Gasteiger partial charge on any atom is 0.409 e. The zero-order valence-corrected chi connectivity index (χ0v) is 9.45. The van der Waals surface area contributed by atoms with Crippen molar-refractivity contribution in [1.29, 1.82) is 0 Å². The van der Waals surface area contributed by atoms with Crippen molar-refractivity contribution < 1.29 is 14.6 Å². The van der Waals surface area contributed by atoms with E-state index < -0.39 is 0 Å². The Labute approximate surface area is 91.2 Å². The summed E-state index contributed by atoms with van der Waals surface area (Å²) in [5.74, 6) is 0. The van der Waals surface area contributed by atoms with Gasteiger partial charge >= 0.3 is 6.09 Å². The predicted molar refractivity (Wildman–Crippen MR) is 57.7 cm³/mol. The van der Waals surface area contributed by atoms with Crippen molar-refractivity contribution in [3.63, 3.8) is 0 Å². The molecule has 0 aliphatic heterocycles. The second-order valence-corrected chi connectivity index (χ2v) is 4.09. The van der Waals surface area contributed by atoms with E-state index in [2.05, 4.69) is 0 Å². The maximum absolute atomic E-state index is 11.5. The molecule has 1 aliphatic carbocycles. The third-order valence-corrected chi connectivity index (χ3v) is 2.98. The number of hydrogen-bond acceptors (Lipinski definition) is 3. The predicted octanol–water partition coefficient (Wildman–Crippen LogP) is 1.77. The molecule has 4 heteroatoms. The Balaban J connectivity index is 2.35. The van der Waals surface area contributed by atoms with Crippen LogP contribution in [0.3, 0.4) is 0 Å². The molecule has 0 bridgehead atoms. The van der Waals surface area contributed by atoms with Crippen molar-refractivity contribution in [2.45, 2.75) is 44.6 Å². The molecule has 1 aliphatic rings. The molecule has 0 atom stereocenters. The Hall–Kier alpha value is -0.770. The van der Waals surface area contributed by atoms with Gasteiger partial charge in [-0.15, -0.1) is 0 Å². The fraction of sp³-hybridized carbons (Fsp3) is 0.909. The second-order valence-electron chi connectivity index (χ2n) is 4.09. The summed E-state index contributed by atoms with van der Waals surface area (Å²) < 4.78 is 4.88. The van der Waals surface area contributed by atoms with Crippen LogP contribution < -0.4 is 0 Å². The molecule has 4 nitrogen and oxygen atoms in total. The highest BCUT2D eigenvalue weighted by Gasteiger charge is 2.21. The lowest BCUT2D eigenvalue weighted by Gasteiger charge is -2.26. The van der Waals surface area contributed by atoms with Crippen LogP contribution in [0.15, 0.2) is 0 Å². The van der Waals surface area contributed by atoms with E-state index in [4.69, 9.17) is 9.84 Å². The number of aliphatic hydroxyl groups excluding tert-OH is 1. The van der Waals surface area contributed by atoms with Gasteiger partial charge in [0.05, 0.1) is 6.61 Å². The average molecular weight is 215 g/mol. The molecule has 0 unspecified atom stereocenters. The van der Waals surface area contributed by atoms with E-state index in [0.29, 0.717) is 6.04 Å². The molecule has 0 spiro atoms. The van der Waals surface area contributed by atoms with Gasteiger partial charge in [0.1, 0.15) is 6.61 Å². The molecule has 0 heterocycles. The molecule has 1 fully saturated rings. The molecule has 0 aromatic rings. The van der Waals surface area contributed by atoms with Gasteiger partial charge in [-0.2, -0.15) is 0 Å². The van der Waals surface area contributed by atoms with Crippen LogP contribution in [0.4, 0.5) is 4.79 Å². The summed E-state index contributed by atoms with van der Waals surface area (Å²) in [5, 5.41) is 8.56. The highest BCUT2D eigenvalue weighted by molar-refractivity contribution is 5.67. The fourth-order valence-corrected chi connectivity index (χ4v) is 2.03. The lowest BCUT2D eigenvalue weighted by atomic mass is 10.1. The van der Waals surface area contributed by atoms with Crippen molar-refractivity contribution in [3.8, 4) is 0 Å². The van der Waals surface area contributed by atoms with Gasteiger partial charge in [0.25, 0.3) is 0 Å². The van der Waals surface area contributed by atoms with Crippen LogP contribution in [0.1, 0.15) is 38.5 Å². The Morgan fingerprint density at radius 1 is 1.33 bits per heavy atom. The number of ether oxygens (including phenoxy) is 1. The summed E-state index contributed by atoms with van der Waals surface area (Å²) in [6, 6.07) is 0.318. The van der Waals surface area contributed by atoms with Crippen molar-refractivity contribution in [1.82, 2.24) is 4.90 Å². The molecule has 1 N–H and O–H groups in total. The summed E-state index contributed by atoms with van der Waals surface area (Å²) >= 11 is 0. The zero-order chi connectivity index (χ0) is 11.1. The number of hydrogen-bond donors (Lipinski definition) is 1. The summed E-state index contributed by atoms with van der Waals surface area (Å²) in [5.41, 5.74) is 0. The van der Waals surface area contributed by atoms with E-state index >= 15 is 0 Å². The van der Waals surface area contributed by atoms with E-state index in [1.165, 1.54) is 25.7 Å². The van der Waals surface area contributed by atoms with Crippen molar-refractivity contribution in [2.75, 3.05) is 20.3 Å². The normalized spacial score (nSPS) is 18.3. The topological polar surface area (TPSA) is 49.8 Å². The zero-order valence-electron chi connectivity index (χ0n) is 9.45. The molecule has 15 heavy (non-hydrogen) atoms. The molecule has 1 saturated carbocycles. The minimum atomic E-state index is -0.309. The summed E-state index contributed by atoms with van der Waals surface area (Å²) in [6.07, 6.45) is 6.78. The van der Waals surface area contributed by atoms with Gasteiger partial charge in [-0.3, -0.25) is 0 Å². The van der Waals surface area contributed by atoms with Crippen molar-refractivity contribution >= 4 is 6.09 Å². The van der Waals surface area contributed by atoms with Crippen LogP contribution in [-0.4, -0.2) is 42.4 Å². The first-order valence-electron chi connectivity index (χ1n) is 5.76. The molecule has 0 aromatic carbocycles. The Morgan fingerprint density at radius 3 is 2.47 bits per heavy atom. The largest absolute Gasteiger partial charge is 0.447 e. The molecule has 0 saturated heterocycles. The molecular formula is C11H21NO3. The maximum atomic E-state index is 11.5. The first-order valence-corrected chi connectivity index (χ1v) is 5.76. The smallest absolute Gasteiger partial charge is 0.409 e. The van der Waals surface area contributed by atoms with Gasteiger partial charge in [-0.25, -0.2) is 4.79 Å². The SMILES string of the molecule is CN(C(=O)OCCO)C1CCCCCC1. The first-order chi connectivity index (χ1) is 7.25. The van der Waals surface area contributed by atoms with Crippen LogP contribution in [-0.2, 0) is 4.74 Å². The lowest BCUT2D eigenvalue weighted by molar-refractivity contribution is 0.0775. The average Bonchev–Trinajstić information content (AvgIpc) is 2.53. The number of rotatable bonds is 3. The van der Waals surface area contributed by atoms with Gasteiger partial charge in [-0.05, 0) is 12.8 Å². The quantitative estimate of drug-likeness (QED) is 0.730. The molecule has 0 aromatic heterocycles. The number of carbonyl (C=O) groups is 1. The molecular weight excluding hydrogens is 194 g/mol. The molecule has 1 rings (SSSR count). The van der Waals surface area contributed by atoms with Crippen molar-refractivity contribution in [3.05, 3.63) is 0 Å². The molecule has 1 amide bonds. The Bertz CT molecular complexity index is 188. The van der Waals surface area contributed by atoms with Crippen LogP contribution >= 0.6 is 0 Å². The number of aliphatic hydroxyl groups is 1. The summed E-state index contributed by atoms with van der Waals surface area (Å²) in [4.78, 5) is 13.2. The number of amides is 1. The van der Waals surface area contributed by atoms with Gasteiger partial charge < -0.3 is 14.7 Å². The Kier molecular flexibility index (Phi) is 5.47. The Morgan fingerprint density at radius 2 is 1.93 bits per heavy atom. The molecule has 88 valence electrons. The van der Waals surface area contributed by atoms with Crippen LogP contribution in [0.2, 0.25) is 0 Å². The third kappa shape index (κ3) is 4.08. The monoisotopic (exact) mass is 215 g/mol. The number of carbonyl (C=O) groups excluding carboxylic acids is 1.